The Labute approximate surface area is 168 Å². The molecule has 0 radical (unpaired) electrons. The molecule has 0 aromatic carbocycles. The molecule has 3 aliphatic heterocycles. The smallest absolute Gasteiger partial charge is 0.320 e. The molecule has 142 valence electrons. The maximum Gasteiger partial charge on any atom is 0.320 e. The summed E-state index contributed by atoms with van der Waals surface area (Å²) in [5, 5.41) is 0.690. The lowest BCUT2D eigenvalue weighted by molar-refractivity contribution is 0.144. The molecule has 1 spiro atoms. The second kappa shape index (κ2) is 7.55. The summed E-state index contributed by atoms with van der Waals surface area (Å²) in [5.74, 6) is 0.870. The van der Waals surface area contributed by atoms with Crippen molar-refractivity contribution >= 4 is 39.4 Å². The van der Waals surface area contributed by atoms with Gasteiger partial charge in [0.15, 0.2) is 0 Å². The van der Waals surface area contributed by atoms with Crippen LogP contribution in [-0.4, -0.2) is 60.1 Å². The van der Waals surface area contributed by atoms with Crippen molar-refractivity contribution in [3.05, 3.63) is 21.8 Å². The molecule has 1 aromatic heterocycles. The molecule has 4 rings (SSSR count). The second-order valence-corrected chi connectivity index (χ2v) is 9.31. The van der Waals surface area contributed by atoms with Crippen LogP contribution >= 0.6 is 27.5 Å². The Balaban J connectivity index is 1.44. The van der Waals surface area contributed by atoms with E-state index in [4.69, 9.17) is 11.6 Å². The van der Waals surface area contributed by atoms with Crippen LogP contribution in [0.2, 0.25) is 5.02 Å². The lowest BCUT2D eigenvalue weighted by atomic mass is 9.79. The number of rotatable bonds is 1. The van der Waals surface area contributed by atoms with E-state index in [2.05, 4.69) is 35.6 Å². The largest absolute Gasteiger partial charge is 0.355 e. The molecule has 1 unspecified atom stereocenters. The molecule has 7 heteroatoms. The molecule has 1 atom stereocenters. The van der Waals surface area contributed by atoms with E-state index >= 15 is 0 Å². The zero-order chi connectivity index (χ0) is 18.1. The van der Waals surface area contributed by atoms with Gasteiger partial charge in [-0.25, -0.2) is 9.78 Å². The average Bonchev–Trinajstić information content (AvgIpc) is 3.05. The number of anilines is 1. The molecular weight excluding hydrogens is 416 g/mol. The van der Waals surface area contributed by atoms with Gasteiger partial charge in [0.1, 0.15) is 5.82 Å². The van der Waals surface area contributed by atoms with E-state index in [-0.39, 0.29) is 11.4 Å². The van der Waals surface area contributed by atoms with Crippen LogP contribution in [0.5, 0.6) is 0 Å². The molecule has 3 fully saturated rings. The zero-order valence-corrected chi connectivity index (χ0v) is 17.4. The summed E-state index contributed by atoms with van der Waals surface area (Å²) >= 11 is 9.86. The van der Waals surface area contributed by atoms with E-state index in [1.165, 1.54) is 12.8 Å². The van der Waals surface area contributed by atoms with Gasteiger partial charge in [-0.05, 0) is 60.5 Å². The fraction of sp³-hybridized carbons (Fsp3) is 0.684. The van der Waals surface area contributed by atoms with E-state index in [0.717, 1.165) is 75.2 Å². The van der Waals surface area contributed by atoms with Gasteiger partial charge < -0.3 is 14.7 Å². The highest BCUT2D eigenvalue weighted by Crippen LogP contribution is 2.41. The normalized spacial score (nSPS) is 26.6. The van der Waals surface area contributed by atoms with Gasteiger partial charge in [-0.15, -0.1) is 0 Å². The van der Waals surface area contributed by atoms with Crippen molar-refractivity contribution < 1.29 is 4.79 Å². The molecule has 26 heavy (non-hydrogen) atoms. The van der Waals surface area contributed by atoms with E-state index < -0.39 is 0 Å². The predicted octanol–water partition coefficient (Wildman–Crippen LogP) is 4.40. The quantitative estimate of drug-likeness (QED) is 0.648. The topological polar surface area (TPSA) is 39.7 Å². The molecule has 3 saturated heterocycles. The van der Waals surface area contributed by atoms with Crippen LogP contribution < -0.4 is 4.90 Å². The Morgan fingerprint density at radius 3 is 2.62 bits per heavy atom. The number of carbonyl (C=O) groups is 1. The number of nitrogens with zero attached hydrogens (tertiary/aromatic N) is 4. The maximum atomic E-state index is 12.9. The third-order valence-corrected chi connectivity index (χ3v) is 6.80. The first-order chi connectivity index (χ1) is 12.6. The summed E-state index contributed by atoms with van der Waals surface area (Å²) in [5.41, 5.74) is 0.182. The van der Waals surface area contributed by atoms with E-state index in [0.29, 0.717) is 5.02 Å². The molecule has 1 aromatic rings. The lowest BCUT2D eigenvalue weighted by Gasteiger charge is -2.41. The third kappa shape index (κ3) is 3.68. The average molecular weight is 442 g/mol. The number of hydrogen-bond donors (Lipinski definition) is 0. The van der Waals surface area contributed by atoms with Crippen molar-refractivity contribution in [2.75, 3.05) is 44.2 Å². The van der Waals surface area contributed by atoms with Crippen LogP contribution in [0.1, 0.15) is 38.5 Å². The number of halogens is 2. The predicted molar refractivity (Wildman–Crippen MR) is 108 cm³/mol. The fourth-order valence-corrected chi connectivity index (χ4v) is 5.49. The number of piperidine rings is 2. The summed E-state index contributed by atoms with van der Waals surface area (Å²) in [4.78, 5) is 23.9. The number of pyridine rings is 1. The Kier molecular flexibility index (Phi) is 5.33. The molecule has 2 amide bonds. The first-order valence-electron chi connectivity index (χ1n) is 9.66. The van der Waals surface area contributed by atoms with Crippen molar-refractivity contribution in [1.82, 2.24) is 14.8 Å². The van der Waals surface area contributed by atoms with Crippen LogP contribution in [0.3, 0.4) is 0 Å². The van der Waals surface area contributed by atoms with Crippen molar-refractivity contribution in [2.45, 2.75) is 38.5 Å². The Hall–Kier alpha value is -1.01. The lowest BCUT2D eigenvalue weighted by Crippen LogP contribution is -2.48. The van der Waals surface area contributed by atoms with Crippen molar-refractivity contribution in [1.29, 1.82) is 0 Å². The minimum absolute atomic E-state index is 0.182. The van der Waals surface area contributed by atoms with Gasteiger partial charge >= 0.3 is 6.03 Å². The summed E-state index contributed by atoms with van der Waals surface area (Å²) < 4.78 is 0.900. The van der Waals surface area contributed by atoms with Crippen molar-refractivity contribution in [3.63, 3.8) is 0 Å². The highest BCUT2D eigenvalue weighted by Gasteiger charge is 2.44. The van der Waals surface area contributed by atoms with Gasteiger partial charge in [0.25, 0.3) is 0 Å². The number of aromatic nitrogens is 1. The molecule has 4 heterocycles. The van der Waals surface area contributed by atoms with Gasteiger partial charge in [0, 0.05) is 55.4 Å². The van der Waals surface area contributed by atoms with E-state index in [1.54, 1.807) is 0 Å². The molecule has 0 aliphatic carbocycles. The van der Waals surface area contributed by atoms with Crippen molar-refractivity contribution in [2.24, 2.45) is 5.41 Å². The summed E-state index contributed by atoms with van der Waals surface area (Å²) in [7, 11) is 0. The van der Waals surface area contributed by atoms with Crippen LogP contribution in [0.15, 0.2) is 16.7 Å². The van der Waals surface area contributed by atoms with Gasteiger partial charge in [-0.1, -0.05) is 11.6 Å². The van der Waals surface area contributed by atoms with Gasteiger partial charge in [0.2, 0.25) is 0 Å². The first-order valence-corrected chi connectivity index (χ1v) is 10.8. The minimum Gasteiger partial charge on any atom is -0.355 e. The number of amides is 2. The highest BCUT2D eigenvalue weighted by molar-refractivity contribution is 9.10. The number of urea groups is 1. The SMILES string of the molecule is O=C(N1CCCCC1)N1CCC2(CCCN(c3ncc(Br)cc3Cl)C2)C1. The Morgan fingerprint density at radius 1 is 1.04 bits per heavy atom. The number of likely N-dealkylation sites (tertiary alicyclic amines) is 2. The van der Waals surface area contributed by atoms with Gasteiger partial charge in [0.05, 0.1) is 5.02 Å². The molecule has 0 bridgehead atoms. The molecule has 0 saturated carbocycles. The zero-order valence-electron chi connectivity index (χ0n) is 15.1. The monoisotopic (exact) mass is 440 g/mol. The Bertz CT molecular complexity index is 682. The maximum absolute atomic E-state index is 12.9. The van der Waals surface area contributed by atoms with Crippen LogP contribution in [-0.2, 0) is 0 Å². The highest BCUT2D eigenvalue weighted by atomic mass is 79.9. The number of hydrogen-bond acceptors (Lipinski definition) is 3. The number of carbonyl (C=O) groups excluding carboxylic acids is 1. The van der Waals surface area contributed by atoms with Crippen LogP contribution in [0.25, 0.3) is 0 Å². The third-order valence-electron chi connectivity index (χ3n) is 6.08. The fourth-order valence-electron chi connectivity index (χ4n) is 4.75. The molecule has 3 aliphatic rings. The molecule has 0 N–H and O–H groups in total. The van der Waals surface area contributed by atoms with Crippen LogP contribution in [0.4, 0.5) is 10.6 Å². The van der Waals surface area contributed by atoms with Crippen LogP contribution in [0, 0.1) is 5.41 Å². The minimum atomic E-state index is 0.182. The van der Waals surface area contributed by atoms with E-state index in [1.807, 2.05) is 12.3 Å². The van der Waals surface area contributed by atoms with Gasteiger partial charge in [-0.2, -0.15) is 0 Å². The summed E-state index contributed by atoms with van der Waals surface area (Å²) in [6.45, 7) is 5.51. The summed E-state index contributed by atoms with van der Waals surface area (Å²) in [6.07, 6.45) is 8.74. The van der Waals surface area contributed by atoms with Gasteiger partial charge in [-0.3, -0.25) is 0 Å². The summed E-state index contributed by atoms with van der Waals surface area (Å²) in [6, 6.07) is 2.16. The second-order valence-electron chi connectivity index (χ2n) is 7.99. The Morgan fingerprint density at radius 2 is 1.85 bits per heavy atom. The first kappa shape index (κ1) is 18.4. The standard InChI is InChI=1S/C19H26BrClN4O/c20-15-11-16(21)17(22-12-15)24-9-4-5-19(13-24)6-10-25(14-19)18(26)23-7-2-1-3-8-23/h11-12H,1-10,13-14H2. The molecule has 5 nitrogen and oxygen atoms in total. The molecular formula is C19H26BrClN4O. The van der Waals surface area contributed by atoms with E-state index in [9.17, 15) is 4.79 Å². The van der Waals surface area contributed by atoms with Crippen molar-refractivity contribution in [3.8, 4) is 0 Å².